The average molecular weight is 891 g/mol. The summed E-state index contributed by atoms with van der Waals surface area (Å²) in [6, 6.07) is 13.9. The van der Waals surface area contributed by atoms with Crippen molar-refractivity contribution < 1.29 is 43.2 Å². The number of likely N-dealkylation sites (N-methyl/N-ethyl adjacent to an activating group) is 1. The maximum absolute atomic E-state index is 14.7. The second kappa shape index (κ2) is 21.1. The van der Waals surface area contributed by atoms with Gasteiger partial charge in [0.15, 0.2) is 17.7 Å². The first-order chi connectivity index (χ1) is 30.0. The lowest BCUT2D eigenvalue weighted by molar-refractivity contribution is -0.296. The number of carbonyl (C=O) groups excluding carboxylic acids is 3. The SMILES string of the molecule is CC[C@H]1OC(=O)[C@H](C)C(=O)[C@H](C)[C@@H](O[C@@H]2O[C@H](C)C[C@H](N(C)C)[C@H]2O)[C@@](C)(OCC#Cc2ccc(CNCCCc3ccccc3)s2)C[C@@H](C)C2=NCCN3C(=O)O[C@@]1(C)[C@H]3[C@H]2C. The number of Topliss-reactive ketones (excluding diaryl/α,β-unsaturated/α-hetero) is 1. The van der Waals surface area contributed by atoms with E-state index in [1.54, 1.807) is 30.1 Å². The number of aliphatic hydroxyl groups excluding tert-OH is 1. The summed E-state index contributed by atoms with van der Waals surface area (Å²) < 4.78 is 32.4. The van der Waals surface area contributed by atoms with Crippen LogP contribution in [-0.2, 0) is 46.2 Å². The Morgan fingerprint density at radius 1 is 1.05 bits per heavy atom. The highest BCUT2D eigenvalue weighted by Gasteiger charge is 2.60. The van der Waals surface area contributed by atoms with Crippen LogP contribution in [0.4, 0.5) is 4.79 Å². The summed E-state index contributed by atoms with van der Waals surface area (Å²) in [7, 11) is 3.82. The highest BCUT2D eigenvalue weighted by molar-refractivity contribution is 7.12. The molecule has 63 heavy (non-hydrogen) atoms. The lowest BCUT2D eigenvalue weighted by Crippen LogP contribution is -2.60. The molecule has 1 aromatic heterocycles. The molecule has 4 aliphatic heterocycles. The molecule has 4 aliphatic rings. The minimum absolute atomic E-state index is 0.00832. The summed E-state index contributed by atoms with van der Waals surface area (Å²) in [6.07, 6.45) is -1.32. The number of hydrogen-bond acceptors (Lipinski definition) is 13. The summed E-state index contributed by atoms with van der Waals surface area (Å²) in [4.78, 5) is 53.1. The molecule has 346 valence electrons. The number of aryl methyl sites for hydroxylation is 1. The standard InChI is InChI=1S/C49H70N4O9S/c1-11-39-49(8)43-32(4)40(51-24-25-53(43)47(57)62-49)30(2)28-48(7,58-26-16-20-36-21-22-37(63-36)29-50-23-15-19-35-17-13-12-14-18-35)44(33(5)41(54)34(6)45(56)60-39)61-46-42(55)38(52(9)10)27-31(3)59-46/h12-14,17-18,21-22,30-34,38-39,42-44,46,50,55H,11,15,19,23-29H2,1-10H3/t30-,31-,32+,33+,34-,38+,39-,42-,43-,44-,46+,48+,49-/m1/s1. The molecule has 14 heteroatoms. The molecule has 5 heterocycles. The van der Waals surface area contributed by atoms with Gasteiger partial charge in [0.1, 0.15) is 24.7 Å². The van der Waals surface area contributed by atoms with Crippen molar-refractivity contribution in [2.24, 2.45) is 28.7 Å². The van der Waals surface area contributed by atoms with Gasteiger partial charge in [-0.25, -0.2) is 4.79 Å². The van der Waals surface area contributed by atoms with Crippen molar-refractivity contribution in [1.29, 1.82) is 0 Å². The van der Waals surface area contributed by atoms with E-state index in [9.17, 15) is 19.5 Å². The molecule has 0 radical (unpaired) electrons. The largest absolute Gasteiger partial charge is 0.458 e. The van der Waals surface area contributed by atoms with E-state index in [-0.39, 0.29) is 30.6 Å². The normalized spacial score (nSPS) is 35.2. The number of rotatable bonds is 12. The first-order valence-electron chi connectivity index (χ1n) is 22.9. The smallest absolute Gasteiger partial charge is 0.410 e. The van der Waals surface area contributed by atoms with Gasteiger partial charge in [-0.2, -0.15) is 0 Å². The third kappa shape index (κ3) is 11.1. The number of fused-ring (bicyclic) bond motifs is 1. The van der Waals surface area contributed by atoms with Crippen LogP contribution in [0.3, 0.4) is 0 Å². The molecular formula is C49H70N4O9S. The lowest BCUT2D eigenvalue weighted by atomic mass is 9.73. The first kappa shape index (κ1) is 48.8. The third-order valence-corrected chi connectivity index (χ3v) is 14.7. The Kier molecular flexibility index (Phi) is 16.3. The Morgan fingerprint density at radius 3 is 2.51 bits per heavy atom. The van der Waals surface area contributed by atoms with Gasteiger partial charge in [0.2, 0.25) is 0 Å². The molecule has 3 saturated heterocycles. The molecule has 3 fully saturated rings. The van der Waals surface area contributed by atoms with E-state index >= 15 is 0 Å². The molecule has 0 saturated carbocycles. The van der Waals surface area contributed by atoms with Gasteiger partial charge < -0.3 is 39.0 Å². The van der Waals surface area contributed by atoms with Crippen LogP contribution in [-0.4, -0.2) is 133 Å². The molecule has 2 aromatic rings. The Hall–Kier alpha value is -3.68. The van der Waals surface area contributed by atoms with Gasteiger partial charge >= 0.3 is 12.1 Å². The fraction of sp³-hybridized carbons (Fsp3) is 0.673. The van der Waals surface area contributed by atoms with Crippen LogP contribution in [0.25, 0.3) is 0 Å². The molecule has 6 rings (SSSR count). The Labute approximate surface area is 378 Å². The number of carbonyl (C=O) groups is 3. The molecule has 1 amide bonds. The first-order valence-corrected chi connectivity index (χ1v) is 23.7. The van der Waals surface area contributed by atoms with Crippen LogP contribution in [0.1, 0.15) is 96.4 Å². The van der Waals surface area contributed by atoms with E-state index in [2.05, 4.69) is 61.3 Å². The molecule has 0 spiro atoms. The molecule has 13 nitrogen and oxygen atoms in total. The Morgan fingerprint density at radius 2 is 1.79 bits per heavy atom. The maximum atomic E-state index is 14.7. The van der Waals surface area contributed by atoms with Crippen molar-refractivity contribution in [2.75, 3.05) is 40.3 Å². The zero-order chi connectivity index (χ0) is 45.6. The van der Waals surface area contributed by atoms with E-state index in [4.69, 9.17) is 28.7 Å². The van der Waals surface area contributed by atoms with Crippen LogP contribution in [0, 0.1) is 35.5 Å². The lowest BCUT2D eigenvalue weighted by Gasteiger charge is -2.47. The summed E-state index contributed by atoms with van der Waals surface area (Å²) >= 11 is 1.63. The fourth-order valence-electron chi connectivity index (χ4n) is 10.4. The minimum Gasteiger partial charge on any atom is -0.458 e. The van der Waals surface area contributed by atoms with Crippen molar-refractivity contribution in [3.8, 4) is 11.8 Å². The molecule has 13 atom stereocenters. The number of thiophene rings is 1. The van der Waals surface area contributed by atoms with Crippen molar-refractivity contribution in [2.45, 2.75) is 148 Å². The van der Waals surface area contributed by atoms with Crippen LogP contribution in [0.5, 0.6) is 0 Å². The molecule has 1 aromatic carbocycles. The van der Waals surface area contributed by atoms with E-state index in [1.165, 1.54) is 10.4 Å². The summed E-state index contributed by atoms with van der Waals surface area (Å²) in [5.41, 5.74) is -0.221. The monoisotopic (exact) mass is 890 g/mol. The van der Waals surface area contributed by atoms with Gasteiger partial charge in [-0.05, 0) is 104 Å². The number of benzene rings is 1. The van der Waals surface area contributed by atoms with E-state index < -0.39 is 71.5 Å². The molecular weight excluding hydrogens is 821 g/mol. The Bertz CT molecular complexity index is 1980. The number of ether oxygens (including phenoxy) is 5. The van der Waals surface area contributed by atoms with E-state index in [1.807, 2.05) is 58.8 Å². The van der Waals surface area contributed by atoms with Gasteiger partial charge in [0, 0.05) is 41.6 Å². The van der Waals surface area contributed by atoms with Crippen molar-refractivity contribution in [1.82, 2.24) is 15.1 Å². The van der Waals surface area contributed by atoms with Crippen molar-refractivity contribution >= 4 is 34.9 Å². The topological polar surface area (TPSA) is 148 Å². The minimum atomic E-state index is -1.23. The number of aliphatic imine (C=N–C) groups is 1. The number of amides is 1. The van der Waals surface area contributed by atoms with Crippen LogP contribution in [0.15, 0.2) is 47.5 Å². The van der Waals surface area contributed by atoms with Crippen LogP contribution >= 0.6 is 11.3 Å². The number of hydrogen-bond donors (Lipinski definition) is 2. The molecule has 0 unspecified atom stereocenters. The average Bonchev–Trinajstić information content (AvgIpc) is 3.75. The van der Waals surface area contributed by atoms with Crippen molar-refractivity contribution in [3.05, 3.63) is 57.8 Å². The quantitative estimate of drug-likeness (QED) is 0.107. The zero-order valence-corrected chi connectivity index (χ0v) is 39.7. The number of esters is 1. The predicted octanol–water partition coefficient (Wildman–Crippen LogP) is 6.28. The van der Waals surface area contributed by atoms with Gasteiger partial charge in [-0.1, -0.05) is 69.9 Å². The van der Waals surface area contributed by atoms with Crippen molar-refractivity contribution in [3.63, 3.8) is 0 Å². The predicted molar refractivity (Wildman–Crippen MR) is 243 cm³/mol. The second-order valence-electron chi connectivity index (χ2n) is 18.7. The molecule has 2 N–H and O–H groups in total. The number of cyclic esters (lactones) is 1. The molecule has 0 aliphatic carbocycles. The number of ketones is 1. The van der Waals surface area contributed by atoms with E-state index in [0.29, 0.717) is 32.4 Å². The highest BCUT2D eigenvalue weighted by atomic mass is 32.1. The third-order valence-electron chi connectivity index (χ3n) is 13.7. The highest BCUT2D eigenvalue weighted by Crippen LogP contribution is 2.44. The van der Waals surface area contributed by atoms with E-state index in [0.717, 1.165) is 36.5 Å². The summed E-state index contributed by atoms with van der Waals surface area (Å²) in [5, 5.41) is 15.3. The Balaban J connectivity index is 1.30. The number of nitrogens with one attached hydrogen (secondary N) is 1. The maximum Gasteiger partial charge on any atom is 0.410 e. The molecule has 2 bridgehead atoms. The van der Waals surface area contributed by atoms with Gasteiger partial charge in [-0.15, -0.1) is 11.3 Å². The fourth-order valence-corrected chi connectivity index (χ4v) is 11.2. The zero-order valence-electron chi connectivity index (χ0n) is 38.9. The number of aliphatic hydroxyl groups is 1. The van der Waals surface area contributed by atoms with Gasteiger partial charge in [0.25, 0.3) is 0 Å². The van der Waals surface area contributed by atoms with Gasteiger partial charge in [0.05, 0.1) is 35.3 Å². The summed E-state index contributed by atoms with van der Waals surface area (Å²) in [5.74, 6) is 2.75. The van der Waals surface area contributed by atoms with Gasteiger partial charge in [-0.3, -0.25) is 19.5 Å². The summed E-state index contributed by atoms with van der Waals surface area (Å²) in [6.45, 7) is 17.4. The van der Waals surface area contributed by atoms with Crippen LogP contribution in [0.2, 0.25) is 0 Å². The second-order valence-corrected chi connectivity index (χ2v) is 19.9. The number of nitrogens with zero attached hydrogens (tertiary/aromatic N) is 3. The van der Waals surface area contributed by atoms with Crippen LogP contribution < -0.4 is 5.32 Å².